The van der Waals surface area contributed by atoms with Crippen molar-refractivity contribution in [3.8, 4) is 0 Å². The minimum absolute atomic E-state index is 0.249. The summed E-state index contributed by atoms with van der Waals surface area (Å²) in [5.74, 6) is 1.02. The van der Waals surface area contributed by atoms with Gasteiger partial charge in [-0.3, -0.25) is 4.90 Å². The van der Waals surface area contributed by atoms with Crippen molar-refractivity contribution in [2.45, 2.75) is 19.6 Å². The molecule has 8 heteroatoms. The van der Waals surface area contributed by atoms with Crippen LogP contribution in [0, 0.1) is 0 Å². The van der Waals surface area contributed by atoms with Gasteiger partial charge in [0.25, 0.3) is 0 Å². The first kappa shape index (κ1) is 19.5. The summed E-state index contributed by atoms with van der Waals surface area (Å²) in [5.41, 5.74) is 9.27. The van der Waals surface area contributed by atoms with Crippen LogP contribution < -0.4 is 16.0 Å². The topological polar surface area (TPSA) is 78.5 Å². The molecule has 0 saturated carbocycles. The number of aliphatic imine (C=N–C) groups is 2. The summed E-state index contributed by atoms with van der Waals surface area (Å²) < 4.78 is 5.52. The van der Waals surface area contributed by atoms with Crippen molar-refractivity contribution in [1.82, 2.24) is 4.90 Å². The third-order valence-corrected chi connectivity index (χ3v) is 5.24. The van der Waals surface area contributed by atoms with Crippen LogP contribution in [0.2, 0.25) is 5.02 Å². The summed E-state index contributed by atoms with van der Waals surface area (Å²) in [4.78, 5) is 13.4. The van der Waals surface area contributed by atoms with E-state index in [1.807, 2.05) is 24.3 Å². The van der Waals surface area contributed by atoms with Gasteiger partial charge in [-0.1, -0.05) is 30.7 Å². The van der Waals surface area contributed by atoms with Gasteiger partial charge in [-0.05, 0) is 48.4 Å². The van der Waals surface area contributed by atoms with Crippen molar-refractivity contribution in [3.05, 3.63) is 59.1 Å². The van der Waals surface area contributed by atoms with Crippen LogP contribution in [0.1, 0.15) is 12.5 Å². The minimum Gasteiger partial charge on any atom is -0.378 e. The Balaban J connectivity index is 1.70. The maximum Gasteiger partial charge on any atom is 0.222 e. The molecular formula is C21H25ClN6O. The van der Waals surface area contributed by atoms with E-state index >= 15 is 0 Å². The van der Waals surface area contributed by atoms with Crippen molar-refractivity contribution >= 4 is 34.9 Å². The van der Waals surface area contributed by atoms with E-state index < -0.39 is 6.29 Å². The molecule has 29 heavy (non-hydrogen) atoms. The third-order valence-electron chi connectivity index (χ3n) is 4.99. The van der Waals surface area contributed by atoms with Crippen molar-refractivity contribution in [1.29, 1.82) is 0 Å². The fraction of sp³-hybridized carbons (Fsp3) is 0.333. The predicted molar refractivity (Wildman–Crippen MR) is 119 cm³/mol. The van der Waals surface area contributed by atoms with Gasteiger partial charge in [0, 0.05) is 29.5 Å². The number of anilines is 2. The van der Waals surface area contributed by atoms with E-state index in [9.17, 15) is 0 Å². The molecule has 0 radical (unpaired) electrons. The van der Waals surface area contributed by atoms with Gasteiger partial charge in [0.2, 0.25) is 18.2 Å². The molecule has 7 nitrogen and oxygen atoms in total. The molecule has 3 N–H and O–H groups in total. The first-order valence-corrected chi connectivity index (χ1v) is 10.2. The van der Waals surface area contributed by atoms with E-state index in [0.29, 0.717) is 18.2 Å². The van der Waals surface area contributed by atoms with Crippen LogP contribution in [-0.4, -0.2) is 49.4 Å². The highest BCUT2D eigenvalue weighted by atomic mass is 35.5. The van der Waals surface area contributed by atoms with E-state index in [-0.39, 0.29) is 5.96 Å². The lowest BCUT2D eigenvalue weighted by Crippen LogP contribution is -2.57. The van der Waals surface area contributed by atoms with E-state index in [2.05, 4.69) is 56.3 Å². The van der Waals surface area contributed by atoms with Crippen LogP contribution >= 0.6 is 11.6 Å². The Morgan fingerprint density at radius 1 is 1.10 bits per heavy atom. The Labute approximate surface area is 175 Å². The molecule has 0 bridgehead atoms. The Morgan fingerprint density at radius 3 is 2.45 bits per heavy atom. The van der Waals surface area contributed by atoms with Gasteiger partial charge in [0.15, 0.2) is 0 Å². The maximum absolute atomic E-state index is 6.10. The fourth-order valence-electron chi connectivity index (χ4n) is 3.40. The van der Waals surface area contributed by atoms with Gasteiger partial charge >= 0.3 is 0 Å². The number of hydrogen-bond acceptors (Lipinski definition) is 7. The third kappa shape index (κ3) is 4.46. The monoisotopic (exact) mass is 412 g/mol. The van der Waals surface area contributed by atoms with E-state index in [4.69, 9.17) is 22.1 Å². The van der Waals surface area contributed by atoms with Gasteiger partial charge in [0.05, 0.1) is 13.2 Å². The number of morpholine rings is 1. The first-order chi connectivity index (χ1) is 14.1. The van der Waals surface area contributed by atoms with Gasteiger partial charge in [-0.2, -0.15) is 4.99 Å². The van der Waals surface area contributed by atoms with Gasteiger partial charge < -0.3 is 20.7 Å². The quantitative estimate of drug-likeness (QED) is 0.806. The van der Waals surface area contributed by atoms with Gasteiger partial charge in [-0.15, -0.1) is 0 Å². The standard InChI is InChI=1S/C21H25ClN6O/c1-2-15-3-9-18(10-4-15)28-20(24-17-7-5-16(22)6-8-17)25-19(23)26-21(28)27-11-13-29-14-12-27/h3-10,20,24H,2,11-14H2,1H3,(H2,23,25). The fourth-order valence-corrected chi connectivity index (χ4v) is 3.53. The number of nitrogens with two attached hydrogens (primary N) is 1. The Morgan fingerprint density at radius 2 is 1.79 bits per heavy atom. The lowest BCUT2D eigenvalue weighted by atomic mass is 10.1. The van der Waals surface area contributed by atoms with Gasteiger partial charge in [0.1, 0.15) is 0 Å². The summed E-state index contributed by atoms with van der Waals surface area (Å²) in [7, 11) is 0. The largest absolute Gasteiger partial charge is 0.378 e. The molecule has 0 spiro atoms. The number of nitrogens with one attached hydrogen (secondary N) is 1. The molecule has 2 aromatic carbocycles. The van der Waals surface area contributed by atoms with E-state index in [0.717, 1.165) is 36.8 Å². The van der Waals surface area contributed by atoms with Crippen LogP contribution in [0.3, 0.4) is 0 Å². The number of ether oxygens (including phenoxy) is 1. The van der Waals surface area contributed by atoms with Crippen LogP contribution in [0.25, 0.3) is 0 Å². The summed E-state index contributed by atoms with van der Waals surface area (Å²) in [5, 5.41) is 4.13. The second kappa shape index (κ2) is 8.71. The zero-order valence-electron chi connectivity index (χ0n) is 16.4. The van der Waals surface area contributed by atoms with Crippen molar-refractivity contribution in [3.63, 3.8) is 0 Å². The second-order valence-corrected chi connectivity index (χ2v) is 7.35. The SMILES string of the molecule is CCc1ccc(N2C(N3CCOCC3)=NC(N)=NC2Nc2ccc(Cl)cc2)cc1. The molecule has 1 atom stereocenters. The number of rotatable bonds is 4. The molecule has 2 heterocycles. The Kier molecular flexibility index (Phi) is 5.87. The molecule has 4 rings (SSSR count). The molecule has 1 fully saturated rings. The number of halogens is 1. The van der Waals surface area contributed by atoms with Crippen LogP contribution in [0.5, 0.6) is 0 Å². The number of hydrogen-bond donors (Lipinski definition) is 2. The average Bonchev–Trinajstić information content (AvgIpc) is 2.76. The zero-order chi connectivity index (χ0) is 20.2. The number of benzene rings is 2. The minimum atomic E-state index is -0.431. The number of guanidine groups is 2. The zero-order valence-corrected chi connectivity index (χ0v) is 17.1. The van der Waals surface area contributed by atoms with Crippen molar-refractivity contribution < 1.29 is 4.74 Å². The summed E-state index contributed by atoms with van der Waals surface area (Å²) >= 11 is 6.03. The lowest BCUT2D eigenvalue weighted by Gasteiger charge is -2.41. The Bertz CT molecular complexity index is 890. The van der Waals surface area contributed by atoms with Crippen molar-refractivity contribution in [2.75, 3.05) is 36.5 Å². The molecule has 0 aliphatic carbocycles. The molecule has 152 valence electrons. The van der Waals surface area contributed by atoms with Gasteiger partial charge in [-0.25, -0.2) is 4.99 Å². The molecule has 1 saturated heterocycles. The van der Waals surface area contributed by atoms with E-state index in [1.54, 1.807) is 0 Å². The molecule has 0 amide bonds. The number of nitrogens with zero attached hydrogens (tertiary/aromatic N) is 4. The summed E-state index contributed by atoms with van der Waals surface area (Å²) in [6.45, 7) is 4.97. The maximum atomic E-state index is 6.10. The molecule has 2 aromatic rings. The average molecular weight is 413 g/mol. The van der Waals surface area contributed by atoms with Crippen molar-refractivity contribution in [2.24, 2.45) is 15.7 Å². The molecule has 0 aromatic heterocycles. The smallest absolute Gasteiger partial charge is 0.222 e. The molecule has 1 unspecified atom stereocenters. The van der Waals surface area contributed by atoms with E-state index in [1.165, 1.54) is 5.56 Å². The highest BCUT2D eigenvalue weighted by molar-refractivity contribution is 6.30. The normalized spacial score (nSPS) is 19.6. The Hall–Kier alpha value is -2.77. The lowest BCUT2D eigenvalue weighted by molar-refractivity contribution is 0.0671. The molecular weight excluding hydrogens is 388 g/mol. The first-order valence-electron chi connectivity index (χ1n) is 9.79. The summed E-state index contributed by atoms with van der Waals surface area (Å²) in [6.07, 6.45) is 0.557. The van der Waals surface area contributed by atoms with Crippen LogP contribution in [-0.2, 0) is 11.2 Å². The second-order valence-electron chi connectivity index (χ2n) is 6.91. The van der Waals surface area contributed by atoms with Crippen LogP contribution in [0.4, 0.5) is 11.4 Å². The number of aryl methyl sites for hydroxylation is 1. The van der Waals surface area contributed by atoms with Crippen LogP contribution in [0.15, 0.2) is 58.5 Å². The highest BCUT2D eigenvalue weighted by Gasteiger charge is 2.32. The summed E-state index contributed by atoms with van der Waals surface area (Å²) in [6, 6.07) is 16.0. The highest BCUT2D eigenvalue weighted by Crippen LogP contribution is 2.25. The molecule has 2 aliphatic rings. The predicted octanol–water partition coefficient (Wildman–Crippen LogP) is 3.12. The molecule has 2 aliphatic heterocycles.